The van der Waals surface area contributed by atoms with E-state index < -0.39 is 0 Å². The quantitative estimate of drug-likeness (QED) is 0.549. The van der Waals surface area contributed by atoms with Gasteiger partial charge in [-0.15, -0.1) is 0 Å². The van der Waals surface area contributed by atoms with Crippen LogP contribution in [0, 0.1) is 0 Å². The number of hydrogen-bond acceptors (Lipinski definition) is 2. The van der Waals surface area contributed by atoms with E-state index in [-0.39, 0.29) is 5.78 Å². The van der Waals surface area contributed by atoms with Crippen LogP contribution in [0.15, 0.2) is 48.6 Å². The Bertz CT molecular complexity index is 753. The minimum absolute atomic E-state index is 0.232. The van der Waals surface area contributed by atoms with Crippen molar-refractivity contribution in [3.8, 4) is 5.75 Å². The van der Waals surface area contributed by atoms with Crippen LogP contribution in [0.25, 0.3) is 10.9 Å². The standard InChI is InChI=1S/C19H21NO2.2C2H6/c1-3-5-6-14(4-2)13-22-16-7-8-17-15(11-16)12-18-19(21)9-10-20(17)18;2*1-2/h4,6-8,11-12H,2-3,5,9-10,13H2,1H3;2*1-2H3/b14-6+;;. The Morgan fingerprint density at radius 3 is 2.62 bits per heavy atom. The molecule has 0 fully saturated rings. The molecule has 0 spiro atoms. The summed E-state index contributed by atoms with van der Waals surface area (Å²) in [6.07, 6.45) is 6.79. The van der Waals surface area contributed by atoms with E-state index >= 15 is 0 Å². The van der Waals surface area contributed by atoms with Crippen molar-refractivity contribution in [3.63, 3.8) is 0 Å². The van der Waals surface area contributed by atoms with Crippen LogP contribution in [0.4, 0.5) is 0 Å². The van der Waals surface area contributed by atoms with Gasteiger partial charge < -0.3 is 9.30 Å². The number of unbranched alkanes of at least 4 members (excludes halogenated alkanes) is 1. The predicted octanol–water partition coefficient (Wildman–Crippen LogP) is 6.57. The number of carbonyl (C=O) groups is 1. The van der Waals surface area contributed by atoms with Gasteiger partial charge in [-0.05, 0) is 36.3 Å². The van der Waals surface area contributed by atoms with Crippen molar-refractivity contribution in [1.29, 1.82) is 0 Å². The van der Waals surface area contributed by atoms with Gasteiger partial charge in [0, 0.05) is 23.9 Å². The highest BCUT2D eigenvalue weighted by Gasteiger charge is 2.21. The molecule has 0 unspecified atom stereocenters. The lowest BCUT2D eigenvalue weighted by Gasteiger charge is -2.08. The Hall–Kier alpha value is -2.29. The van der Waals surface area contributed by atoms with Gasteiger partial charge in [-0.3, -0.25) is 4.79 Å². The smallest absolute Gasteiger partial charge is 0.181 e. The molecule has 3 rings (SSSR count). The fraction of sp³-hybridized carbons (Fsp3) is 0.435. The van der Waals surface area contributed by atoms with Gasteiger partial charge in [-0.1, -0.05) is 59.8 Å². The first kappa shape index (κ1) is 21.8. The van der Waals surface area contributed by atoms with Gasteiger partial charge in [0.05, 0.1) is 5.69 Å². The summed E-state index contributed by atoms with van der Waals surface area (Å²) in [6.45, 7) is 15.3. The number of fused-ring (bicyclic) bond motifs is 3. The number of ketones is 1. The maximum atomic E-state index is 11.8. The molecule has 0 N–H and O–H groups in total. The highest BCUT2D eigenvalue weighted by Crippen LogP contribution is 2.29. The third kappa shape index (κ3) is 5.10. The number of ether oxygens (including phenoxy) is 1. The van der Waals surface area contributed by atoms with E-state index in [1.165, 1.54) is 0 Å². The first-order valence-corrected chi connectivity index (χ1v) is 9.83. The van der Waals surface area contributed by atoms with Crippen molar-refractivity contribution in [2.45, 2.75) is 60.4 Å². The molecule has 0 amide bonds. The summed E-state index contributed by atoms with van der Waals surface area (Å²) in [5.41, 5.74) is 3.04. The van der Waals surface area contributed by atoms with Gasteiger partial charge in [0.15, 0.2) is 5.78 Å². The molecule has 26 heavy (non-hydrogen) atoms. The van der Waals surface area contributed by atoms with E-state index in [4.69, 9.17) is 4.74 Å². The van der Waals surface area contributed by atoms with Crippen LogP contribution in [-0.2, 0) is 6.54 Å². The summed E-state index contributed by atoms with van der Waals surface area (Å²) in [6, 6.07) is 7.99. The lowest BCUT2D eigenvalue weighted by molar-refractivity contribution is 0.0994. The third-order valence-electron chi connectivity index (χ3n) is 4.08. The normalized spacial score (nSPS) is 12.7. The molecule has 2 aromatic rings. The third-order valence-corrected chi connectivity index (χ3v) is 4.08. The van der Waals surface area contributed by atoms with Crippen LogP contribution in [0.1, 0.15) is 64.4 Å². The second-order valence-corrected chi connectivity index (χ2v) is 5.64. The molecule has 0 radical (unpaired) electrons. The monoisotopic (exact) mass is 355 g/mol. The van der Waals surface area contributed by atoms with Gasteiger partial charge in [-0.25, -0.2) is 0 Å². The summed E-state index contributed by atoms with van der Waals surface area (Å²) in [5.74, 6) is 1.06. The van der Waals surface area contributed by atoms with Gasteiger partial charge in [-0.2, -0.15) is 0 Å². The van der Waals surface area contributed by atoms with Gasteiger partial charge in [0.1, 0.15) is 12.4 Å². The van der Waals surface area contributed by atoms with Gasteiger partial charge in [0.2, 0.25) is 0 Å². The highest BCUT2D eigenvalue weighted by atomic mass is 16.5. The number of carbonyl (C=O) groups excluding carboxylic acids is 1. The van der Waals surface area contributed by atoms with Crippen LogP contribution in [0.3, 0.4) is 0 Å². The molecule has 142 valence electrons. The second kappa shape index (κ2) is 11.3. The molecular formula is C23H33NO2. The number of rotatable bonds is 6. The zero-order valence-corrected chi connectivity index (χ0v) is 17.0. The van der Waals surface area contributed by atoms with E-state index in [2.05, 4.69) is 24.1 Å². The summed E-state index contributed by atoms with van der Waals surface area (Å²) < 4.78 is 7.95. The SMILES string of the molecule is C=C/C(=C\CCC)COc1ccc2c(c1)cc1n2CCC1=O.CC.CC. The average molecular weight is 356 g/mol. The molecule has 2 heterocycles. The Morgan fingerprint density at radius 2 is 1.96 bits per heavy atom. The number of nitrogens with zero attached hydrogens (tertiary/aromatic N) is 1. The van der Waals surface area contributed by atoms with Crippen molar-refractivity contribution in [1.82, 2.24) is 4.57 Å². The largest absolute Gasteiger partial charge is 0.489 e. The fourth-order valence-corrected chi connectivity index (χ4v) is 2.85. The molecular weight excluding hydrogens is 322 g/mol. The summed E-state index contributed by atoms with van der Waals surface area (Å²) >= 11 is 0. The van der Waals surface area contributed by atoms with Gasteiger partial charge >= 0.3 is 0 Å². The van der Waals surface area contributed by atoms with Gasteiger partial charge in [0.25, 0.3) is 0 Å². The summed E-state index contributed by atoms with van der Waals surface area (Å²) in [4.78, 5) is 11.8. The number of Topliss-reactive ketones (excluding diaryl/α,β-unsaturated/α-hetero) is 1. The zero-order chi connectivity index (χ0) is 19.5. The van der Waals surface area contributed by atoms with E-state index in [1.807, 2.05) is 58.0 Å². The number of aryl methyl sites for hydroxylation is 1. The van der Waals surface area contributed by atoms with Crippen LogP contribution in [-0.4, -0.2) is 17.0 Å². The Balaban J connectivity index is 0.000000791. The summed E-state index contributed by atoms with van der Waals surface area (Å²) in [5, 5.41) is 1.07. The number of allylic oxidation sites excluding steroid dienone is 1. The minimum Gasteiger partial charge on any atom is -0.489 e. The molecule has 1 aromatic heterocycles. The highest BCUT2D eigenvalue weighted by molar-refractivity contribution is 6.02. The van der Waals surface area contributed by atoms with E-state index in [9.17, 15) is 4.79 Å². The lowest BCUT2D eigenvalue weighted by Crippen LogP contribution is -1.99. The van der Waals surface area contributed by atoms with E-state index in [0.29, 0.717) is 13.0 Å². The molecule has 3 heteroatoms. The van der Waals surface area contributed by atoms with E-state index in [0.717, 1.165) is 47.3 Å². The second-order valence-electron chi connectivity index (χ2n) is 5.64. The number of hydrogen-bond donors (Lipinski definition) is 0. The molecule has 1 aromatic carbocycles. The number of aromatic nitrogens is 1. The molecule has 0 saturated heterocycles. The zero-order valence-electron chi connectivity index (χ0n) is 17.0. The molecule has 3 nitrogen and oxygen atoms in total. The van der Waals surface area contributed by atoms with Crippen molar-refractivity contribution >= 4 is 16.7 Å². The molecule has 0 aliphatic carbocycles. The molecule has 0 bridgehead atoms. The maximum absolute atomic E-state index is 11.8. The Labute approximate surface area is 158 Å². The predicted molar refractivity (Wildman–Crippen MR) is 112 cm³/mol. The van der Waals surface area contributed by atoms with E-state index in [1.54, 1.807) is 0 Å². The minimum atomic E-state index is 0.232. The van der Waals surface area contributed by atoms with Crippen LogP contribution < -0.4 is 4.74 Å². The molecule has 1 aliphatic heterocycles. The Kier molecular flexibility index (Phi) is 9.50. The van der Waals surface area contributed by atoms with Crippen molar-refractivity contribution in [3.05, 3.63) is 54.3 Å². The molecule has 1 aliphatic rings. The van der Waals surface area contributed by atoms with Crippen LogP contribution in [0.5, 0.6) is 5.75 Å². The number of benzene rings is 1. The lowest BCUT2D eigenvalue weighted by atomic mass is 10.2. The molecule has 0 saturated carbocycles. The first-order valence-electron chi connectivity index (χ1n) is 9.83. The van der Waals surface area contributed by atoms with Crippen LogP contribution >= 0.6 is 0 Å². The average Bonchev–Trinajstić information content (AvgIpc) is 3.24. The van der Waals surface area contributed by atoms with Crippen molar-refractivity contribution < 1.29 is 9.53 Å². The fourth-order valence-electron chi connectivity index (χ4n) is 2.85. The van der Waals surface area contributed by atoms with Crippen LogP contribution in [0.2, 0.25) is 0 Å². The van der Waals surface area contributed by atoms with Crippen molar-refractivity contribution in [2.75, 3.05) is 6.61 Å². The topological polar surface area (TPSA) is 31.2 Å². The summed E-state index contributed by atoms with van der Waals surface area (Å²) in [7, 11) is 0. The Morgan fingerprint density at radius 1 is 1.23 bits per heavy atom. The first-order chi connectivity index (χ1) is 12.7. The molecule has 0 atom stereocenters. The maximum Gasteiger partial charge on any atom is 0.181 e. The van der Waals surface area contributed by atoms with Crippen molar-refractivity contribution in [2.24, 2.45) is 0 Å².